The molecule has 3 rings (SSSR count). The lowest BCUT2D eigenvalue weighted by Crippen LogP contribution is -2.50. The number of likely N-dealkylation sites (tertiary alicyclic amines) is 1. The maximum Gasteiger partial charge on any atom is 0.330 e. The number of Topliss-reactive ketones (excluding diaryl/α,β-unsaturated/α-hetero) is 1. The van der Waals surface area contributed by atoms with E-state index >= 15 is 0 Å². The van der Waals surface area contributed by atoms with E-state index in [2.05, 4.69) is 4.98 Å². The quantitative estimate of drug-likeness (QED) is 0.531. The van der Waals surface area contributed by atoms with Crippen LogP contribution in [0.5, 0.6) is 0 Å². The number of methoxy groups -OCH3 is 1. The molecule has 0 spiro atoms. The van der Waals surface area contributed by atoms with Crippen LogP contribution in [0.3, 0.4) is 0 Å². The number of carbonyl (C=O) groups excluding carboxylic acids is 2. The molecule has 1 amide bonds. The van der Waals surface area contributed by atoms with Gasteiger partial charge in [-0.2, -0.15) is 11.8 Å². The van der Waals surface area contributed by atoms with E-state index in [-0.39, 0.29) is 43.0 Å². The van der Waals surface area contributed by atoms with E-state index in [9.17, 15) is 19.2 Å². The molecule has 0 aromatic carbocycles. The third-order valence-corrected chi connectivity index (χ3v) is 6.30. The van der Waals surface area contributed by atoms with Crippen molar-refractivity contribution in [1.29, 1.82) is 0 Å². The van der Waals surface area contributed by atoms with Crippen LogP contribution in [-0.2, 0) is 16.1 Å². The highest BCUT2D eigenvalue weighted by Crippen LogP contribution is 2.22. The van der Waals surface area contributed by atoms with Crippen LogP contribution >= 0.6 is 11.8 Å². The summed E-state index contributed by atoms with van der Waals surface area (Å²) >= 11 is 1.83. The summed E-state index contributed by atoms with van der Waals surface area (Å²) in [4.78, 5) is 55.9. The summed E-state index contributed by atoms with van der Waals surface area (Å²) in [5.74, 6) is 1.22. The number of nitrogen functional groups attached to an aromatic ring is 1. The number of carbonyl (C=O) groups is 2. The van der Waals surface area contributed by atoms with Crippen LogP contribution in [0.25, 0.3) is 0 Å². The van der Waals surface area contributed by atoms with Crippen molar-refractivity contribution in [3.8, 4) is 0 Å². The first-order valence-corrected chi connectivity index (χ1v) is 10.8. The van der Waals surface area contributed by atoms with E-state index in [0.717, 1.165) is 35.6 Å². The Morgan fingerprint density at radius 3 is 2.66 bits per heavy atom. The first-order chi connectivity index (χ1) is 13.9. The minimum Gasteiger partial charge on any atom is -0.384 e. The number of hydrogen-bond donors (Lipinski definition) is 2. The van der Waals surface area contributed by atoms with E-state index in [1.165, 1.54) is 7.11 Å². The molecule has 1 atom stereocenters. The second-order valence-corrected chi connectivity index (χ2v) is 8.38. The van der Waals surface area contributed by atoms with Gasteiger partial charge in [0.25, 0.3) is 5.56 Å². The molecule has 0 bridgehead atoms. The van der Waals surface area contributed by atoms with Crippen LogP contribution in [0.4, 0.5) is 5.82 Å². The summed E-state index contributed by atoms with van der Waals surface area (Å²) < 4.78 is 6.07. The number of nitrogens with one attached hydrogen (secondary N) is 1. The molecule has 0 radical (unpaired) electrons. The van der Waals surface area contributed by atoms with Crippen LogP contribution in [0.1, 0.15) is 23.2 Å². The number of ketones is 1. The van der Waals surface area contributed by atoms with E-state index in [4.69, 9.17) is 10.5 Å². The standard InChI is InChI=1S/C18H27N5O5S/c1-28-8-5-23-15(19)14(16(25)20-18(23)27)13(24)11-22-4-2-3-12(22)17(26)21-6-9-29-10-7-21/h12H,2-11,19H2,1H3,(H,20,25,27). The normalized spacial score (nSPS) is 20.2. The molecule has 2 saturated heterocycles. The molecular formula is C18H27N5O5S. The predicted octanol–water partition coefficient (Wildman–Crippen LogP) is -1.01. The highest BCUT2D eigenvalue weighted by molar-refractivity contribution is 7.99. The summed E-state index contributed by atoms with van der Waals surface area (Å²) in [6.07, 6.45) is 1.50. The number of H-pyrrole nitrogens is 1. The Morgan fingerprint density at radius 2 is 1.97 bits per heavy atom. The van der Waals surface area contributed by atoms with Crippen molar-refractivity contribution in [2.24, 2.45) is 0 Å². The first-order valence-electron chi connectivity index (χ1n) is 9.69. The molecule has 0 aliphatic carbocycles. The molecule has 1 aromatic rings. The largest absolute Gasteiger partial charge is 0.384 e. The van der Waals surface area contributed by atoms with Gasteiger partial charge in [-0.05, 0) is 19.4 Å². The highest BCUT2D eigenvalue weighted by Gasteiger charge is 2.36. The Morgan fingerprint density at radius 1 is 1.24 bits per heavy atom. The number of ether oxygens (including phenoxy) is 1. The fraction of sp³-hybridized carbons (Fsp3) is 0.667. The topological polar surface area (TPSA) is 131 Å². The monoisotopic (exact) mass is 425 g/mol. The van der Waals surface area contributed by atoms with Crippen molar-refractivity contribution in [1.82, 2.24) is 19.4 Å². The Hall–Kier alpha value is -2.11. The Balaban J connectivity index is 1.77. The van der Waals surface area contributed by atoms with Gasteiger partial charge in [-0.25, -0.2) is 4.79 Å². The van der Waals surface area contributed by atoms with Gasteiger partial charge in [0.05, 0.1) is 25.7 Å². The summed E-state index contributed by atoms with van der Waals surface area (Å²) in [6.45, 7) is 2.29. The van der Waals surface area contributed by atoms with Gasteiger partial charge in [-0.15, -0.1) is 0 Å². The highest BCUT2D eigenvalue weighted by atomic mass is 32.2. The summed E-state index contributed by atoms with van der Waals surface area (Å²) in [6, 6.07) is -0.359. The van der Waals surface area contributed by atoms with Crippen LogP contribution in [0.2, 0.25) is 0 Å². The lowest BCUT2D eigenvalue weighted by Gasteiger charge is -2.32. The van der Waals surface area contributed by atoms with Gasteiger partial charge >= 0.3 is 5.69 Å². The average molecular weight is 426 g/mol. The number of aromatic amines is 1. The maximum absolute atomic E-state index is 12.9. The molecule has 0 saturated carbocycles. The molecule has 2 aliphatic rings. The molecule has 3 N–H and O–H groups in total. The Bertz CT molecular complexity index is 876. The van der Waals surface area contributed by atoms with Crippen LogP contribution in [0.15, 0.2) is 9.59 Å². The molecule has 11 heteroatoms. The molecule has 2 fully saturated rings. The zero-order valence-corrected chi connectivity index (χ0v) is 17.3. The number of nitrogens with zero attached hydrogens (tertiary/aromatic N) is 3. The van der Waals surface area contributed by atoms with E-state index < -0.39 is 17.0 Å². The third-order valence-electron chi connectivity index (χ3n) is 5.36. The van der Waals surface area contributed by atoms with Gasteiger partial charge in [0.1, 0.15) is 11.4 Å². The molecule has 29 heavy (non-hydrogen) atoms. The fourth-order valence-corrected chi connectivity index (χ4v) is 4.72. The van der Waals surface area contributed by atoms with Crippen molar-refractivity contribution in [2.45, 2.75) is 25.4 Å². The first kappa shape index (κ1) is 21.6. The second kappa shape index (κ2) is 9.59. The molecular weight excluding hydrogens is 398 g/mol. The van der Waals surface area contributed by atoms with Crippen LogP contribution < -0.4 is 17.0 Å². The number of nitrogens with two attached hydrogens (primary N) is 1. The maximum atomic E-state index is 12.9. The van der Waals surface area contributed by atoms with E-state index in [1.54, 1.807) is 0 Å². The van der Waals surface area contributed by atoms with Crippen molar-refractivity contribution < 1.29 is 14.3 Å². The van der Waals surface area contributed by atoms with Crippen LogP contribution in [0, 0.1) is 0 Å². The predicted molar refractivity (Wildman–Crippen MR) is 110 cm³/mol. The summed E-state index contributed by atoms with van der Waals surface area (Å²) in [5.41, 5.74) is 4.25. The molecule has 10 nitrogen and oxygen atoms in total. The molecule has 3 heterocycles. The van der Waals surface area contributed by atoms with Crippen LogP contribution in [-0.4, -0.2) is 88.5 Å². The minimum atomic E-state index is -0.804. The number of thioether (sulfide) groups is 1. The van der Waals surface area contributed by atoms with Crippen molar-refractivity contribution >= 4 is 29.3 Å². The zero-order valence-electron chi connectivity index (χ0n) is 16.5. The molecule has 160 valence electrons. The molecule has 1 unspecified atom stereocenters. The zero-order chi connectivity index (χ0) is 21.0. The van der Waals surface area contributed by atoms with E-state index in [1.807, 2.05) is 21.6 Å². The van der Waals surface area contributed by atoms with Gasteiger partial charge in [0.2, 0.25) is 5.91 Å². The van der Waals surface area contributed by atoms with Gasteiger partial charge < -0.3 is 15.4 Å². The van der Waals surface area contributed by atoms with Crippen molar-refractivity contribution in [3.05, 3.63) is 26.4 Å². The molecule has 2 aliphatic heterocycles. The third kappa shape index (κ3) is 4.73. The smallest absolute Gasteiger partial charge is 0.330 e. The number of aromatic nitrogens is 2. The lowest BCUT2D eigenvalue weighted by atomic mass is 10.1. The number of rotatable bonds is 7. The van der Waals surface area contributed by atoms with Crippen molar-refractivity contribution in [3.63, 3.8) is 0 Å². The second-order valence-electron chi connectivity index (χ2n) is 7.15. The molecule has 1 aromatic heterocycles. The Labute approximate surface area is 172 Å². The SMILES string of the molecule is COCCn1c(N)c(C(=O)CN2CCCC2C(=O)N2CCSCC2)c(=O)[nH]c1=O. The fourth-order valence-electron chi connectivity index (χ4n) is 3.81. The van der Waals surface area contributed by atoms with Crippen molar-refractivity contribution in [2.75, 3.05) is 57.1 Å². The minimum absolute atomic E-state index is 0.0440. The van der Waals surface area contributed by atoms with E-state index in [0.29, 0.717) is 13.0 Å². The number of hydrogen-bond acceptors (Lipinski definition) is 8. The number of amides is 1. The van der Waals surface area contributed by atoms with Gasteiger partial charge in [-0.1, -0.05) is 0 Å². The summed E-state index contributed by atoms with van der Waals surface area (Å²) in [5, 5.41) is 0. The van der Waals surface area contributed by atoms with Gasteiger partial charge in [-0.3, -0.25) is 28.8 Å². The lowest BCUT2D eigenvalue weighted by molar-refractivity contribution is -0.135. The summed E-state index contributed by atoms with van der Waals surface area (Å²) in [7, 11) is 1.48. The Kier molecular flexibility index (Phi) is 7.14. The number of anilines is 1. The van der Waals surface area contributed by atoms with Gasteiger partial charge in [0, 0.05) is 31.7 Å². The van der Waals surface area contributed by atoms with Gasteiger partial charge in [0.15, 0.2) is 5.78 Å². The average Bonchev–Trinajstić information content (AvgIpc) is 3.15.